The number of halogens is 1. The van der Waals surface area contributed by atoms with Crippen LogP contribution in [0.3, 0.4) is 0 Å². The summed E-state index contributed by atoms with van der Waals surface area (Å²) in [4.78, 5) is 13.0. The van der Waals surface area contributed by atoms with Crippen molar-refractivity contribution < 1.29 is 4.39 Å². The van der Waals surface area contributed by atoms with Crippen molar-refractivity contribution in [3.8, 4) is 11.4 Å². The number of nitrogens with one attached hydrogen (secondary N) is 2. The smallest absolute Gasteiger partial charge is 0.225 e. The van der Waals surface area contributed by atoms with Crippen LogP contribution < -0.4 is 10.6 Å². The minimum Gasteiger partial charge on any atom is -0.357 e. The van der Waals surface area contributed by atoms with Gasteiger partial charge < -0.3 is 10.6 Å². The molecule has 0 radical (unpaired) electrons. The standard InChI is InChI=1S/C16H14FN5/c1-18-16-21-14(13-7-2-3-8-19-13)10-15(22-16)20-12-6-4-5-11(17)9-12/h2-10H,1H3,(H2,18,20,21,22). The van der Waals surface area contributed by atoms with E-state index in [1.165, 1.54) is 12.1 Å². The summed E-state index contributed by atoms with van der Waals surface area (Å²) in [6.07, 6.45) is 1.70. The third kappa shape index (κ3) is 3.17. The van der Waals surface area contributed by atoms with Crippen LogP contribution in [0.15, 0.2) is 54.7 Å². The molecule has 110 valence electrons. The van der Waals surface area contributed by atoms with Crippen molar-refractivity contribution in [3.63, 3.8) is 0 Å². The number of rotatable bonds is 4. The number of nitrogens with zero attached hydrogens (tertiary/aromatic N) is 3. The molecular formula is C16H14FN5. The maximum Gasteiger partial charge on any atom is 0.225 e. The van der Waals surface area contributed by atoms with Crippen molar-refractivity contribution in [2.24, 2.45) is 0 Å². The van der Waals surface area contributed by atoms with E-state index < -0.39 is 0 Å². The monoisotopic (exact) mass is 295 g/mol. The zero-order valence-electron chi connectivity index (χ0n) is 11.9. The van der Waals surface area contributed by atoms with Gasteiger partial charge in [0.25, 0.3) is 0 Å². The molecule has 0 amide bonds. The molecule has 0 aliphatic rings. The largest absolute Gasteiger partial charge is 0.357 e. The molecule has 0 fully saturated rings. The Morgan fingerprint density at radius 3 is 2.59 bits per heavy atom. The first-order chi connectivity index (χ1) is 10.7. The van der Waals surface area contributed by atoms with Crippen LogP contribution in [0.1, 0.15) is 0 Å². The highest BCUT2D eigenvalue weighted by molar-refractivity contribution is 5.65. The van der Waals surface area contributed by atoms with Crippen LogP contribution in [-0.4, -0.2) is 22.0 Å². The Kier molecular flexibility index (Phi) is 3.91. The van der Waals surface area contributed by atoms with Gasteiger partial charge in [-0.3, -0.25) is 4.98 Å². The predicted molar refractivity (Wildman–Crippen MR) is 84.5 cm³/mol. The Hall–Kier alpha value is -3.02. The number of aromatic nitrogens is 3. The Labute approximate surface area is 127 Å². The molecule has 2 aromatic heterocycles. The number of anilines is 3. The van der Waals surface area contributed by atoms with Gasteiger partial charge in [-0.25, -0.2) is 9.37 Å². The van der Waals surface area contributed by atoms with Gasteiger partial charge in [-0.2, -0.15) is 4.98 Å². The first kappa shape index (κ1) is 13.9. The maximum absolute atomic E-state index is 13.3. The van der Waals surface area contributed by atoms with Gasteiger partial charge in [-0.05, 0) is 30.3 Å². The normalized spacial score (nSPS) is 10.3. The molecule has 0 spiro atoms. The average Bonchev–Trinajstić information content (AvgIpc) is 2.55. The lowest BCUT2D eigenvalue weighted by molar-refractivity contribution is 0.628. The van der Waals surface area contributed by atoms with Crippen molar-refractivity contribution in [3.05, 3.63) is 60.5 Å². The number of benzene rings is 1. The summed E-state index contributed by atoms with van der Waals surface area (Å²) in [6, 6.07) is 13.6. The molecule has 0 bridgehead atoms. The summed E-state index contributed by atoms with van der Waals surface area (Å²) in [5, 5.41) is 5.98. The molecule has 0 aliphatic heterocycles. The van der Waals surface area contributed by atoms with E-state index in [1.807, 2.05) is 18.2 Å². The average molecular weight is 295 g/mol. The summed E-state index contributed by atoms with van der Waals surface area (Å²) in [7, 11) is 1.74. The van der Waals surface area contributed by atoms with E-state index in [-0.39, 0.29) is 5.82 Å². The molecule has 0 aliphatic carbocycles. The lowest BCUT2D eigenvalue weighted by atomic mass is 10.2. The highest BCUT2D eigenvalue weighted by Gasteiger charge is 2.07. The second kappa shape index (κ2) is 6.17. The van der Waals surface area contributed by atoms with Gasteiger partial charge in [0.15, 0.2) is 0 Å². The summed E-state index contributed by atoms with van der Waals surface area (Å²) in [6.45, 7) is 0. The summed E-state index contributed by atoms with van der Waals surface area (Å²) in [5.74, 6) is 0.713. The quantitative estimate of drug-likeness (QED) is 0.771. The summed E-state index contributed by atoms with van der Waals surface area (Å²) < 4.78 is 13.3. The fourth-order valence-corrected chi connectivity index (χ4v) is 1.98. The molecule has 0 saturated carbocycles. The highest BCUT2D eigenvalue weighted by Crippen LogP contribution is 2.22. The lowest BCUT2D eigenvalue weighted by Crippen LogP contribution is -2.02. The third-order valence-corrected chi connectivity index (χ3v) is 2.97. The predicted octanol–water partition coefficient (Wildman–Crippen LogP) is 3.46. The van der Waals surface area contributed by atoms with E-state index in [0.717, 1.165) is 5.69 Å². The molecule has 0 saturated heterocycles. The van der Waals surface area contributed by atoms with Crippen LogP contribution in [0.25, 0.3) is 11.4 Å². The second-order valence-electron chi connectivity index (χ2n) is 4.56. The van der Waals surface area contributed by atoms with E-state index in [0.29, 0.717) is 23.1 Å². The van der Waals surface area contributed by atoms with Crippen LogP contribution in [0.5, 0.6) is 0 Å². The van der Waals surface area contributed by atoms with Crippen LogP contribution in [0.2, 0.25) is 0 Å². The van der Waals surface area contributed by atoms with E-state index in [9.17, 15) is 4.39 Å². The van der Waals surface area contributed by atoms with Crippen LogP contribution in [0.4, 0.5) is 21.8 Å². The fourth-order valence-electron chi connectivity index (χ4n) is 1.98. The summed E-state index contributed by atoms with van der Waals surface area (Å²) in [5.41, 5.74) is 2.04. The molecule has 3 aromatic rings. The van der Waals surface area contributed by atoms with Crippen LogP contribution in [0, 0.1) is 5.82 Å². The second-order valence-corrected chi connectivity index (χ2v) is 4.56. The first-order valence-corrected chi connectivity index (χ1v) is 6.75. The zero-order valence-corrected chi connectivity index (χ0v) is 11.9. The van der Waals surface area contributed by atoms with Crippen molar-refractivity contribution in [2.75, 3.05) is 17.7 Å². The first-order valence-electron chi connectivity index (χ1n) is 6.75. The molecule has 0 atom stereocenters. The van der Waals surface area contributed by atoms with Gasteiger partial charge in [-0.15, -0.1) is 0 Å². The highest BCUT2D eigenvalue weighted by atomic mass is 19.1. The van der Waals surface area contributed by atoms with Crippen molar-refractivity contribution in [2.45, 2.75) is 0 Å². The topological polar surface area (TPSA) is 62.7 Å². The molecule has 6 heteroatoms. The Balaban J connectivity index is 1.97. The van der Waals surface area contributed by atoms with Crippen LogP contribution >= 0.6 is 0 Å². The minimum absolute atomic E-state index is 0.308. The number of pyridine rings is 1. The van der Waals surface area contributed by atoms with Gasteiger partial charge >= 0.3 is 0 Å². The van der Waals surface area contributed by atoms with Crippen LogP contribution in [-0.2, 0) is 0 Å². The molecule has 3 rings (SSSR count). The SMILES string of the molecule is CNc1nc(Nc2cccc(F)c2)cc(-c2ccccn2)n1. The van der Waals surface area contributed by atoms with E-state index in [1.54, 1.807) is 31.4 Å². The molecular weight excluding hydrogens is 281 g/mol. The third-order valence-electron chi connectivity index (χ3n) is 2.97. The molecule has 1 aromatic carbocycles. The van der Waals surface area contributed by atoms with E-state index in [4.69, 9.17) is 0 Å². The number of hydrogen-bond donors (Lipinski definition) is 2. The van der Waals surface area contributed by atoms with E-state index in [2.05, 4.69) is 25.6 Å². The van der Waals surface area contributed by atoms with Gasteiger partial charge in [-0.1, -0.05) is 12.1 Å². The lowest BCUT2D eigenvalue weighted by Gasteiger charge is -2.09. The fraction of sp³-hybridized carbons (Fsp3) is 0.0625. The molecule has 5 nitrogen and oxygen atoms in total. The molecule has 2 N–H and O–H groups in total. The van der Waals surface area contributed by atoms with Crippen molar-refractivity contribution in [1.29, 1.82) is 0 Å². The van der Waals surface area contributed by atoms with Gasteiger partial charge in [0.2, 0.25) is 5.95 Å². The van der Waals surface area contributed by atoms with Crippen molar-refractivity contribution >= 4 is 17.5 Å². The Morgan fingerprint density at radius 1 is 0.955 bits per heavy atom. The minimum atomic E-state index is -0.308. The Bertz CT molecular complexity index is 776. The van der Waals surface area contributed by atoms with Gasteiger partial charge in [0.1, 0.15) is 11.6 Å². The molecule has 0 unspecified atom stereocenters. The number of hydrogen-bond acceptors (Lipinski definition) is 5. The van der Waals surface area contributed by atoms with Gasteiger partial charge in [0, 0.05) is 25.0 Å². The maximum atomic E-state index is 13.3. The summed E-state index contributed by atoms with van der Waals surface area (Å²) >= 11 is 0. The Morgan fingerprint density at radius 2 is 1.86 bits per heavy atom. The van der Waals surface area contributed by atoms with Gasteiger partial charge in [0.05, 0.1) is 11.4 Å². The van der Waals surface area contributed by atoms with E-state index >= 15 is 0 Å². The zero-order chi connectivity index (χ0) is 15.4. The molecule has 2 heterocycles. The van der Waals surface area contributed by atoms with Crippen molar-refractivity contribution in [1.82, 2.24) is 15.0 Å². The molecule has 22 heavy (non-hydrogen) atoms.